The standard InChI is InChI=1S/C34H52N7O12P/c1-6-8-15-36-32(47)27(20-42)40-34(49)28(17-21(3)4)41(16-7-2)30(45)19-37-31(46)25(13-14-29(35)44)39-33(48)26(38-22(5)43)18-23-9-11-24(12-10-23)53-54(50,51)52/h6-7,9-12,21,25-28,42H,1-2,8,13-20H2,3-5H3,(H2,35,44)(H,36,47)(H,37,46)(H,38,43)(H,39,48)(H,40,49)(H2,50,51,52)/t25-,26-,27-,28-/m0/s1. The second-order valence-corrected chi connectivity index (χ2v) is 13.7. The monoisotopic (exact) mass is 781 g/mol. The van der Waals surface area contributed by atoms with Crippen LogP contribution in [0.5, 0.6) is 5.75 Å². The first-order valence-electron chi connectivity index (χ1n) is 17.0. The molecule has 0 aliphatic carbocycles. The number of carbonyl (C=O) groups is 7. The molecule has 1 aromatic carbocycles. The highest BCUT2D eigenvalue weighted by Gasteiger charge is 2.33. The molecule has 0 saturated heterocycles. The van der Waals surface area contributed by atoms with Gasteiger partial charge in [0.15, 0.2) is 0 Å². The molecule has 4 atom stereocenters. The van der Waals surface area contributed by atoms with Gasteiger partial charge < -0.3 is 46.8 Å². The molecule has 0 bridgehead atoms. The molecular formula is C34H52N7O12P. The van der Waals surface area contributed by atoms with Crippen LogP contribution in [0.4, 0.5) is 0 Å². The van der Waals surface area contributed by atoms with Crippen molar-refractivity contribution in [3.05, 3.63) is 55.1 Å². The fourth-order valence-corrected chi connectivity index (χ4v) is 5.37. The first-order valence-corrected chi connectivity index (χ1v) is 18.5. The molecule has 54 heavy (non-hydrogen) atoms. The molecule has 1 aromatic rings. The van der Waals surface area contributed by atoms with E-state index in [-0.39, 0.29) is 50.4 Å². The predicted octanol–water partition coefficient (Wildman–Crippen LogP) is -1.33. The maximum Gasteiger partial charge on any atom is 0.524 e. The van der Waals surface area contributed by atoms with E-state index < -0.39 is 86.5 Å². The number of amides is 7. The van der Waals surface area contributed by atoms with E-state index >= 15 is 0 Å². The van der Waals surface area contributed by atoms with Gasteiger partial charge in [0.25, 0.3) is 0 Å². The lowest BCUT2D eigenvalue weighted by molar-refractivity contribution is -0.142. The molecule has 300 valence electrons. The van der Waals surface area contributed by atoms with E-state index in [1.54, 1.807) is 19.9 Å². The fourth-order valence-electron chi connectivity index (χ4n) is 4.98. The summed E-state index contributed by atoms with van der Waals surface area (Å²) in [5, 5.41) is 22.2. The van der Waals surface area contributed by atoms with Crippen LogP contribution in [-0.4, -0.2) is 112 Å². The highest BCUT2D eigenvalue weighted by molar-refractivity contribution is 7.46. The number of benzene rings is 1. The molecule has 0 saturated carbocycles. The van der Waals surface area contributed by atoms with Crippen LogP contribution in [0.3, 0.4) is 0 Å². The molecule has 0 spiro atoms. The maximum atomic E-state index is 13.6. The Bertz CT molecular complexity index is 1530. The Morgan fingerprint density at radius 2 is 1.50 bits per heavy atom. The van der Waals surface area contributed by atoms with Crippen molar-refractivity contribution in [2.45, 2.75) is 77.0 Å². The van der Waals surface area contributed by atoms with Crippen molar-refractivity contribution in [2.24, 2.45) is 11.7 Å². The van der Waals surface area contributed by atoms with E-state index in [1.807, 2.05) is 0 Å². The third-order valence-corrected chi connectivity index (χ3v) is 7.94. The first-order chi connectivity index (χ1) is 25.3. The summed E-state index contributed by atoms with van der Waals surface area (Å²) in [5.41, 5.74) is 5.72. The second-order valence-electron chi connectivity index (χ2n) is 12.6. The van der Waals surface area contributed by atoms with Crippen LogP contribution in [0.1, 0.15) is 52.0 Å². The predicted molar refractivity (Wildman–Crippen MR) is 196 cm³/mol. The Morgan fingerprint density at radius 1 is 0.889 bits per heavy atom. The van der Waals surface area contributed by atoms with Crippen molar-refractivity contribution in [1.82, 2.24) is 31.5 Å². The number of nitrogens with two attached hydrogens (primary N) is 1. The van der Waals surface area contributed by atoms with Gasteiger partial charge in [-0.05, 0) is 42.9 Å². The quantitative estimate of drug-likeness (QED) is 0.0317. The number of nitrogens with zero attached hydrogens (tertiary/aromatic N) is 1. The van der Waals surface area contributed by atoms with Gasteiger partial charge in [0.05, 0.1) is 13.2 Å². The van der Waals surface area contributed by atoms with Gasteiger partial charge in [-0.2, -0.15) is 0 Å². The number of phosphoric ester groups is 1. The molecule has 0 aliphatic heterocycles. The molecule has 0 heterocycles. The third-order valence-electron chi connectivity index (χ3n) is 7.49. The minimum absolute atomic E-state index is 0.125. The zero-order valence-corrected chi connectivity index (χ0v) is 31.5. The normalized spacial score (nSPS) is 13.2. The average molecular weight is 782 g/mol. The highest BCUT2D eigenvalue weighted by atomic mass is 31.2. The lowest BCUT2D eigenvalue weighted by Crippen LogP contribution is -2.58. The SMILES string of the molecule is C=CCCNC(=O)[C@H](CO)NC(=O)[C@H](CC(C)C)N(CC=C)C(=O)CNC(=O)[C@H](CCC(N)=O)NC(=O)[C@H](Cc1ccc(OP(=O)(O)O)cc1)NC(C)=O. The summed E-state index contributed by atoms with van der Waals surface area (Å²) in [7, 11) is -4.82. The van der Waals surface area contributed by atoms with Crippen molar-refractivity contribution in [2.75, 3.05) is 26.2 Å². The zero-order valence-electron chi connectivity index (χ0n) is 30.6. The number of phosphoric acid groups is 1. The van der Waals surface area contributed by atoms with Crippen molar-refractivity contribution in [3.63, 3.8) is 0 Å². The molecule has 7 amide bonds. The van der Waals surface area contributed by atoms with Crippen molar-refractivity contribution < 1.29 is 57.5 Å². The van der Waals surface area contributed by atoms with E-state index in [4.69, 9.17) is 15.5 Å². The summed E-state index contributed by atoms with van der Waals surface area (Å²) in [6, 6.07) is 0.165. The number of aliphatic hydroxyl groups is 1. The summed E-state index contributed by atoms with van der Waals surface area (Å²) in [5.74, 6) is -5.50. The molecule has 0 radical (unpaired) electrons. The van der Waals surface area contributed by atoms with Crippen LogP contribution < -0.4 is 36.8 Å². The lowest BCUT2D eigenvalue weighted by Gasteiger charge is -2.32. The van der Waals surface area contributed by atoms with E-state index in [1.165, 1.54) is 30.3 Å². The Balaban J connectivity index is 3.19. The summed E-state index contributed by atoms with van der Waals surface area (Å²) in [6.07, 6.45) is 2.78. The van der Waals surface area contributed by atoms with Gasteiger partial charge in [-0.1, -0.05) is 38.1 Å². The van der Waals surface area contributed by atoms with Gasteiger partial charge in [-0.15, -0.1) is 13.2 Å². The maximum absolute atomic E-state index is 13.6. The minimum atomic E-state index is -4.82. The van der Waals surface area contributed by atoms with Crippen LogP contribution in [-0.2, 0) is 44.5 Å². The zero-order chi connectivity index (χ0) is 41.0. The minimum Gasteiger partial charge on any atom is -0.404 e. The number of aliphatic hydroxyl groups excluding tert-OH is 1. The van der Waals surface area contributed by atoms with Crippen LogP contribution in [0, 0.1) is 5.92 Å². The Hall–Kier alpha value is -5.10. The van der Waals surface area contributed by atoms with E-state index in [2.05, 4.69) is 44.3 Å². The molecule has 0 aliphatic rings. The van der Waals surface area contributed by atoms with E-state index in [0.717, 1.165) is 11.8 Å². The Labute approximate surface area is 313 Å². The van der Waals surface area contributed by atoms with Crippen LogP contribution >= 0.6 is 7.82 Å². The molecular weight excluding hydrogens is 729 g/mol. The van der Waals surface area contributed by atoms with Gasteiger partial charge >= 0.3 is 7.82 Å². The first kappa shape index (κ1) is 46.9. The number of hydrogen-bond donors (Lipinski definition) is 9. The lowest BCUT2D eigenvalue weighted by atomic mass is 10.0. The van der Waals surface area contributed by atoms with Crippen LogP contribution in [0.15, 0.2) is 49.6 Å². The Morgan fingerprint density at radius 3 is 2.02 bits per heavy atom. The number of rotatable bonds is 25. The number of nitrogens with one attached hydrogen (secondary N) is 5. The number of carbonyl (C=O) groups excluding carboxylic acids is 7. The van der Waals surface area contributed by atoms with Crippen molar-refractivity contribution >= 4 is 49.2 Å². The van der Waals surface area contributed by atoms with Gasteiger partial charge in [-0.3, -0.25) is 43.3 Å². The molecule has 0 unspecified atom stereocenters. The summed E-state index contributed by atoms with van der Waals surface area (Å²) < 4.78 is 15.6. The molecule has 1 rings (SSSR count). The van der Waals surface area contributed by atoms with Gasteiger partial charge in [0.2, 0.25) is 41.4 Å². The third kappa shape index (κ3) is 18.1. The second kappa shape index (κ2) is 23.5. The Kier molecular flexibility index (Phi) is 20.5. The van der Waals surface area contributed by atoms with Crippen molar-refractivity contribution in [3.8, 4) is 5.75 Å². The summed E-state index contributed by atoms with van der Waals surface area (Å²) in [6.45, 7) is 10.7. The number of primary amides is 1. The summed E-state index contributed by atoms with van der Waals surface area (Å²) in [4.78, 5) is 109. The van der Waals surface area contributed by atoms with Gasteiger partial charge in [-0.25, -0.2) is 4.57 Å². The number of hydrogen-bond acceptors (Lipinski definition) is 10. The summed E-state index contributed by atoms with van der Waals surface area (Å²) >= 11 is 0. The van der Waals surface area contributed by atoms with Crippen molar-refractivity contribution in [1.29, 1.82) is 0 Å². The molecule has 0 fully saturated rings. The van der Waals surface area contributed by atoms with Gasteiger partial charge in [0, 0.05) is 32.9 Å². The topological polar surface area (TPSA) is 296 Å². The van der Waals surface area contributed by atoms with E-state index in [0.29, 0.717) is 12.0 Å². The smallest absolute Gasteiger partial charge is 0.404 e. The van der Waals surface area contributed by atoms with Gasteiger partial charge in [0.1, 0.15) is 29.9 Å². The molecule has 19 nitrogen and oxygen atoms in total. The highest BCUT2D eigenvalue weighted by Crippen LogP contribution is 2.37. The van der Waals surface area contributed by atoms with Crippen LogP contribution in [0.25, 0.3) is 0 Å². The molecule has 20 heteroatoms. The van der Waals surface area contributed by atoms with Crippen LogP contribution in [0.2, 0.25) is 0 Å². The average Bonchev–Trinajstić information content (AvgIpc) is 3.08. The molecule has 10 N–H and O–H groups in total. The largest absolute Gasteiger partial charge is 0.524 e. The molecule has 0 aromatic heterocycles. The fraction of sp³-hybridized carbons (Fsp3) is 0.500. The van der Waals surface area contributed by atoms with E-state index in [9.17, 15) is 43.2 Å².